The lowest BCUT2D eigenvalue weighted by Crippen LogP contribution is -2.03. The maximum Gasteiger partial charge on any atom is 0.335 e. The molecule has 0 aliphatic carbocycles. The number of phenols is 1. The van der Waals surface area contributed by atoms with Gasteiger partial charge in [0.15, 0.2) is 11.5 Å². The van der Waals surface area contributed by atoms with Gasteiger partial charge in [0.05, 0.1) is 12.7 Å². The summed E-state index contributed by atoms with van der Waals surface area (Å²) in [6.45, 7) is 2.37. The van der Waals surface area contributed by atoms with Crippen molar-refractivity contribution < 1.29 is 19.7 Å². The van der Waals surface area contributed by atoms with Crippen molar-refractivity contribution in [3.8, 4) is 11.5 Å². The Morgan fingerprint density at radius 3 is 2.57 bits per heavy atom. The fraction of sp³-hybridized carbons (Fsp3) is 0.188. The Hall–Kier alpha value is -2.69. The largest absolute Gasteiger partial charge is 0.504 e. The fourth-order valence-corrected chi connectivity index (χ4v) is 2.04. The average Bonchev–Trinajstić information content (AvgIpc) is 2.46. The van der Waals surface area contributed by atoms with Gasteiger partial charge < -0.3 is 20.3 Å². The molecule has 2 aromatic rings. The van der Waals surface area contributed by atoms with Crippen LogP contribution in [0, 0.1) is 6.92 Å². The molecule has 0 atom stereocenters. The first-order valence-corrected chi connectivity index (χ1v) is 6.45. The van der Waals surface area contributed by atoms with Crippen molar-refractivity contribution in [2.75, 3.05) is 12.4 Å². The number of carboxylic acids is 1. The summed E-state index contributed by atoms with van der Waals surface area (Å²) in [5, 5.41) is 21.9. The van der Waals surface area contributed by atoms with Crippen LogP contribution in [0.2, 0.25) is 0 Å². The predicted molar refractivity (Wildman–Crippen MR) is 80.1 cm³/mol. The minimum Gasteiger partial charge on any atom is -0.504 e. The van der Waals surface area contributed by atoms with E-state index in [4.69, 9.17) is 9.84 Å². The van der Waals surface area contributed by atoms with Gasteiger partial charge in [-0.15, -0.1) is 0 Å². The van der Waals surface area contributed by atoms with E-state index in [1.54, 1.807) is 30.3 Å². The zero-order chi connectivity index (χ0) is 15.4. The summed E-state index contributed by atoms with van der Waals surface area (Å²) in [6.07, 6.45) is 0. The molecule has 0 heterocycles. The van der Waals surface area contributed by atoms with E-state index in [1.165, 1.54) is 7.11 Å². The lowest BCUT2D eigenvalue weighted by Gasteiger charge is -2.11. The number of nitrogens with one attached hydrogen (secondary N) is 1. The molecule has 2 rings (SSSR count). The van der Waals surface area contributed by atoms with Crippen molar-refractivity contribution in [3.63, 3.8) is 0 Å². The summed E-state index contributed by atoms with van der Waals surface area (Å²) in [5.41, 5.74) is 2.87. The molecule has 0 unspecified atom stereocenters. The molecule has 0 amide bonds. The van der Waals surface area contributed by atoms with Crippen molar-refractivity contribution in [2.24, 2.45) is 0 Å². The first kappa shape index (κ1) is 14.7. The molecule has 21 heavy (non-hydrogen) atoms. The van der Waals surface area contributed by atoms with Gasteiger partial charge in [0.1, 0.15) is 0 Å². The van der Waals surface area contributed by atoms with Gasteiger partial charge in [-0.2, -0.15) is 0 Å². The molecule has 0 saturated heterocycles. The van der Waals surface area contributed by atoms with Crippen molar-refractivity contribution in [2.45, 2.75) is 13.5 Å². The van der Waals surface area contributed by atoms with Crippen LogP contribution in [0.5, 0.6) is 11.5 Å². The van der Waals surface area contributed by atoms with Crippen molar-refractivity contribution in [1.82, 2.24) is 0 Å². The van der Waals surface area contributed by atoms with Crippen LogP contribution in [-0.4, -0.2) is 23.3 Å². The quantitative estimate of drug-likeness (QED) is 0.787. The highest BCUT2D eigenvalue weighted by molar-refractivity contribution is 5.88. The van der Waals surface area contributed by atoms with Gasteiger partial charge in [-0.3, -0.25) is 0 Å². The van der Waals surface area contributed by atoms with E-state index in [0.29, 0.717) is 12.3 Å². The van der Waals surface area contributed by atoms with E-state index in [-0.39, 0.29) is 11.3 Å². The molecule has 5 nitrogen and oxygen atoms in total. The lowest BCUT2D eigenvalue weighted by atomic mass is 10.1. The Balaban J connectivity index is 2.09. The molecule has 110 valence electrons. The maximum atomic E-state index is 10.9. The third kappa shape index (κ3) is 3.45. The summed E-state index contributed by atoms with van der Waals surface area (Å²) in [4.78, 5) is 10.9. The highest BCUT2D eigenvalue weighted by atomic mass is 16.5. The molecule has 0 fully saturated rings. The highest BCUT2D eigenvalue weighted by Crippen LogP contribution is 2.26. The number of aromatic carboxylic acids is 1. The normalized spacial score (nSPS) is 10.2. The molecular weight excluding hydrogens is 270 g/mol. The molecule has 5 heteroatoms. The smallest absolute Gasteiger partial charge is 0.335 e. The van der Waals surface area contributed by atoms with Crippen LogP contribution in [0.1, 0.15) is 21.5 Å². The molecular formula is C16H17NO4. The highest BCUT2D eigenvalue weighted by Gasteiger charge is 2.06. The van der Waals surface area contributed by atoms with Crippen LogP contribution in [0.3, 0.4) is 0 Å². The second kappa shape index (κ2) is 6.17. The van der Waals surface area contributed by atoms with E-state index in [0.717, 1.165) is 16.8 Å². The molecule has 3 N–H and O–H groups in total. The lowest BCUT2D eigenvalue weighted by molar-refractivity contribution is 0.0697. The van der Waals surface area contributed by atoms with E-state index in [2.05, 4.69) is 5.32 Å². The van der Waals surface area contributed by atoms with E-state index >= 15 is 0 Å². The van der Waals surface area contributed by atoms with Gasteiger partial charge >= 0.3 is 5.97 Å². The van der Waals surface area contributed by atoms with E-state index < -0.39 is 5.97 Å². The molecule has 0 aliphatic rings. The minimum absolute atomic E-state index is 0.0924. The van der Waals surface area contributed by atoms with Gasteiger partial charge in [-0.1, -0.05) is 6.07 Å². The van der Waals surface area contributed by atoms with E-state index in [9.17, 15) is 9.90 Å². The maximum absolute atomic E-state index is 10.9. The standard InChI is InChI=1S/C16H17NO4/c1-10-7-12(16(19)20)4-5-13(10)17-9-11-3-6-15(21-2)14(18)8-11/h3-8,17-18H,9H2,1-2H3,(H,19,20). The molecule has 0 bridgehead atoms. The number of aromatic hydroxyl groups is 1. The zero-order valence-electron chi connectivity index (χ0n) is 11.9. The SMILES string of the molecule is COc1ccc(CNc2ccc(C(=O)O)cc2C)cc1O. The number of carbonyl (C=O) groups is 1. The molecule has 0 aliphatic heterocycles. The van der Waals surface area contributed by atoms with Gasteiger partial charge in [0.25, 0.3) is 0 Å². The van der Waals surface area contributed by atoms with Crippen LogP contribution in [0.25, 0.3) is 0 Å². The minimum atomic E-state index is -0.940. The van der Waals surface area contributed by atoms with Crippen LogP contribution in [0.15, 0.2) is 36.4 Å². The summed E-state index contributed by atoms with van der Waals surface area (Å²) in [7, 11) is 1.50. The van der Waals surface area contributed by atoms with Gasteiger partial charge in [0, 0.05) is 12.2 Å². The first-order valence-electron chi connectivity index (χ1n) is 6.45. The summed E-state index contributed by atoms with van der Waals surface area (Å²) in [6, 6.07) is 10.1. The van der Waals surface area contributed by atoms with Crippen LogP contribution in [-0.2, 0) is 6.54 Å². The van der Waals surface area contributed by atoms with Crippen LogP contribution >= 0.6 is 0 Å². The third-order valence-corrected chi connectivity index (χ3v) is 3.20. The Labute approximate surface area is 122 Å². The van der Waals surface area contributed by atoms with Crippen molar-refractivity contribution in [1.29, 1.82) is 0 Å². The predicted octanol–water partition coefficient (Wildman–Crippen LogP) is 3.02. The van der Waals surface area contributed by atoms with Crippen LogP contribution in [0.4, 0.5) is 5.69 Å². The summed E-state index contributed by atoms with van der Waals surface area (Å²) >= 11 is 0. The number of hydrogen-bond acceptors (Lipinski definition) is 4. The summed E-state index contributed by atoms with van der Waals surface area (Å²) < 4.78 is 4.99. The van der Waals surface area contributed by atoms with Crippen LogP contribution < -0.4 is 10.1 Å². The number of benzene rings is 2. The fourth-order valence-electron chi connectivity index (χ4n) is 2.04. The number of rotatable bonds is 5. The topological polar surface area (TPSA) is 78.8 Å². The second-order valence-corrected chi connectivity index (χ2v) is 4.69. The zero-order valence-corrected chi connectivity index (χ0v) is 11.9. The second-order valence-electron chi connectivity index (χ2n) is 4.69. The number of carboxylic acid groups (broad SMARTS) is 1. The molecule has 0 saturated carbocycles. The number of ether oxygens (including phenoxy) is 1. The van der Waals surface area contributed by atoms with Gasteiger partial charge in [-0.25, -0.2) is 4.79 Å². The molecule has 0 aromatic heterocycles. The average molecular weight is 287 g/mol. The van der Waals surface area contributed by atoms with Crippen molar-refractivity contribution in [3.05, 3.63) is 53.1 Å². The Bertz CT molecular complexity index is 667. The molecule has 0 radical (unpaired) electrons. The Kier molecular flexibility index (Phi) is 4.33. The number of aryl methyl sites for hydroxylation is 1. The Morgan fingerprint density at radius 1 is 1.24 bits per heavy atom. The summed E-state index contributed by atoms with van der Waals surface area (Å²) in [5.74, 6) is -0.416. The van der Waals surface area contributed by atoms with Gasteiger partial charge in [0.2, 0.25) is 0 Å². The third-order valence-electron chi connectivity index (χ3n) is 3.20. The van der Waals surface area contributed by atoms with Gasteiger partial charge in [-0.05, 0) is 48.4 Å². The molecule has 2 aromatic carbocycles. The number of methoxy groups -OCH3 is 1. The van der Waals surface area contributed by atoms with Crippen molar-refractivity contribution >= 4 is 11.7 Å². The Morgan fingerprint density at radius 2 is 2.00 bits per heavy atom. The number of phenolic OH excluding ortho intramolecular Hbond substituents is 1. The number of hydrogen-bond donors (Lipinski definition) is 3. The number of anilines is 1. The first-order chi connectivity index (χ1) is 10.0. The monoisotopic (exact) mass is 287 g/mol. The van der Waals surface area contributed by atoms with E-state index in [1.807, 2.05) is 13.0 Å². The molecule has 0 spiro atoms.